The largest absolute Gasteiger partial charge is 0.496 e. The van der Waals surface area contributed by atoms with Gasteiger partial charge in [0, 0.05) is 41.5 Å². The number of nitrogens with one attached hydrogen (secondary N) is 4. The van der Waals surface area contributed by atoms with Gasteiger partial charge in [-0.2, -0.15) is 0 Å². The first-order valence-corrected chi connectivity index (χ1v) is 20.6. The quantitative estimate of drug-likeness (QED) is 0.0853. The number of rotatable bonds is 13. The van der Waals surface area contributed by atoms with E-state index in [1.165, 1.54) is 14.2 Å². The van der Waals surface area contributed by atoms with Crippen molar-refractivity contribution in [3.8, 4) is 23.0 Å². The molecule has 5 aromatic rings. The second-order valence-corrected chi connectivity index (χ2v) is 17.4. The number of urea groups is 1. The van der Waals surface area contributed by atoms with E-state index in [1.807, 2.05) is 45.0 Å². The van der Waals surface area contributed by atoms with Crippen LogP contribution in [-0.4, -0.2) is 53.2 Å². The van der Waals surface area contributed by atoms with Gasteiger partial charge in [0.25, 0.3) is 0 Å². The number of ether oxygens (including phenoxy) is 3. The van der Waals surface area contributed by atoms with Crippen LogP contribution >= 0.6 is 7.37 Å². The first-order chi connectivity index (χ1) is 25.0. The minimum absolute atomic E-state index is 0.169. The molecule has 0 radical (unpaired) electrons. The van der Waals surface area contributed by atoms with Gasteiger partial charge < -0.3 is 34.7 Å². The van der Waals surface area contributed by atoms with E-state index < -0.39 is 23.4 Å². The average Bonchev–Trinajstić information content (AvgIpc) is 3.08. The SMILES string of the molecule is CCOP(C)(=O)c1ccc(Nc2cc(Oc3ccc(NC(=O)Nc4cc(C(C)(C)C)cc(NS(C)(=O)=O)c4OC)c4ccccc34)ccn2)cc1OC. The summed E-state index contributed by atoms with van der Waals surface area (Å²) >= 11 is 0. The van der Waals surface area contributed by atoms with E-state index in [2.05, 4.69) is 25.7 Å². The van der Waals surface area contributed by atoms with E-state index in [0.29, 0.717) is 52.0 Å². The molecule has 13 nitrogen and oxygen atoms in total. The minimum atomic E-state index is -3.64. The number of sulfonamides is 1. The number of anilines is 5. The van der Waals surface area contributed by atoms with Crippen molar-refractivity contribution in [2.75, 3.05) is 54.4 Å². The molecule has 280 valence electrons. The van der Waals surface area contributed by atoms with Gasteiger partial charge in [0.1, 0.15) is 23.1 Å². The first-order valence-electron chi connectivity index (χ1n) is 16.6. The zero-order valence-electron chi connectivity index (χ0n) is 30.9. The van der Waals surface area contributed by atoms with Gasteiger partial charge in [0.2, 0.25) is 17.4 Å². The molecule has 1 unspecified atom stereocenters. The summed E-state index contributed by atoms with van der Waals surface area (Å²) in [7, 11) is -3.78. The minimum Gasteiger partial charge on any atom is -0.496 e. The summed E-state index contributed by atoms with van der Waals surface area (Å²) in [6.45, 7) is 9.61. The monoisotopic (exact) mass is 761 g/mol. The molecule has 4 N–H and O–H groups in total. The van der Waals surface area contributed by atoms with Gasteiger partial charge in [0.05, 0.1) is 49.4 Å². The molecule has 53 heavy (non-hydrogen) atoms. The molecular formula is C38H44N5O8PS. The Balaban J connectivity index is 1.38. The molecule has 1 heterocycles. The molecule has 15 heteroatoms. The van der Waals surface area contributed by atoms with Crippen molar-refractivity contribution < 1.29 is 36.5 Å². The second-order valence-electron chi connectivity index (χ2n) is 13.2. The predicted molar refractivity (Wildman–Crippen MR) is 212 cm³/mol. The normalized spacial score (nSPS) is 12.8. The summed E-state index contributed by atoms with van der Waals surface area (Å²) in [5.41, 5.74) is 2.10. The molecule has 1 atom stereocenters. The van der Waals surface area contributed by atoms with Crippen LogP contribution in [0.3, 0.4) is 0 Å². The van der Waals surface area contributed by atoms with E-state index in [9.17, 15) is 17.8 Å². The van der Waals surface area contributed by atoms with Crippen LogP contribution in [0.1, 0.15) is 33.3 Å². The van der Waals surface area contributed by atoms with Gasteiger partial charge in [-0.3, -0.25) is 9.29 Å². The number of carbonyl (C=O) groups excluding carboxylic acids is 1. The highest BCUT2D eigenvalue weighted by Crippen LogP contribution is 2.45. The van der Waals surface area contributed by atoms with Crippen molar-refractivity contribution in [3.63, 3.8) is 0 Å². The molecule has 0 aliphatic heterocycles. The van der Waals surface area contributed by atoms with Crippen LogP contribution in [0.25, 0.3) is 10.8 Å². The zero-order valence-corrected chi connectivity index (χ0v) is 32.6. The Bertz CT molecular complexity index is 2310. The van der Waals surface area contributed by atoms with Crippen molar-refractivity contribution in [1.82, 2.24) is 4.98 Å². The van der Waals surface area contributed by atoms with Gasteiger partial charge in [-0.05, 0) is 60.4 Å². The summed E-state index contributed by atoms with van der Waals surface area (Å²) in [6.07, 6.45) is 2.66. The van der Waals surface area contributed by atoms with Crippen LogP contribution in [0.15, 0.2) is 85.1 Å². The third kappa shape index (κ3) is 9.58. The lowest BCUT2D eigenvalue weighted by molar-refractivity contribution is 0.262. The van der Waals surface area contributed by atoms with Crippen LogP contribution in [0.4, 0.5) is 33.4 Å². The van der Waals surface area contributed by atoms with Crippen LogP contribution in [0.5, 0.6) is 23.0 Å². The summed E-state index contributed by atoms with van der Waals surface area (Å²) in [5, 5.41) is 10.9. The van der Waals surface area contributed by atoms with E-state index in [1.54, 1.807) is 74.4 Å². The fourth-order valence-electron chi connectivity index (χ4n) is 5.62. The fraction of sp³-hybridized carbons (Fsp3) is 0.263. The van der Waals surface area contributed by atoms with Crippen molar-refractivity contribution in [2.45, 2.75) is 33.1 Å². The van der Waals surface area contributed by atoms with E-state index in [4.69, 9.17) is 18.7 Å². The standard InChI is InChI=1S/C38H44N5O8PS/c1-9-50-52(7,45)34-17-14-25(22-33(34)48-5)40-35-23-26(18-19-39-35)51-32-16-15-29(27-12-10-11-13-28(27)32)41-37(44)42-30-20-24(38(2,3)4)21-31(36(30)49-6)43-53(8,46)47/h10-23,43H,9H2,1-8H3,(H,39,40)(H2,41,42,44). The third-order valence-electron chi connectivity index (χ3n) is 8.06. The lowest BCUT2D eigenvalue weighted by Crippen LogP contribution is -2.22. The molecule has 0 saturated carbocycles. The number of hydrogen-bond acceptors (Lipinski definition) is 10. The maximum Gasteiger partial charge on any atom is 0.323 e. The van der Waals surface area contributed by atoms with E-state index >= 15 is 0 Å². The maximum atomic E-state index is 13.5. The fourth-order valence-corrected chi connectivity index (χ4v) is 7.70. The number of methoxy groups -OCH3 is 2. The molecule has 1 aromatic heterocycles. The predicted octanol–water partition coefficient (Wildman–Crippen LogP) is 8.67. The first kappa shape index (κ1) is 38.9. The highest BCUT2D eigenvalue weighted by Gasteiger charge is 2.24. The molecule has 5 rings (SSSR count). The lowest BCUT2D eigenvalue weighted by Gasteiger charge is -2.24. The van der Waals surface area contributed by atoms with Crippen LogP contribution in [0, 0.1) is 0 Å². The van der Waals surface area contributed by atoms with Crippen molar-refractivity contribution in [2.24, 2.45) is 0 Å². The average molecular weight is 762 g/mol. The molecule has 0 spiro atoms. The number of carbonyl (C=O) groups is 1. The number of benzene rings is 4. The van der Waals surface area contributed by atoms with Crippen molar-refractivity contribution >= 4 is 68.1 Å². The van der Waals surface area contributed by atoms with Gasteiger partial charge in [-0.1, -0.05) is 45.0 Å². The van der Waals surface area contributed by atoms with Gasteiger partial charge >= 0.3 is 6.03 Å². The number of fused-ring (bicyclic) bond motifs is 1. The number of nitrogens with zero attached hydrogens (tertiary/aromatic N) is 1. The van der Waals surface area contributed by atoms with Crippen LogP contribution < -0.4 is 40.2 Å². The Morgan fingerprint density at radius 2 is 1.55 bits per heavy atom. The second kappa shape index (κ2) is 15.7. The molecular weight excluding hydrogens is 717 g/mol. The maximum absolute atomic E-state index is 13.5. The van der Waals surface area contributed by atoms with E-state index in [0.717, 1.165) is 22.6 Å². The molecule has 0 bridgehead atoms. The van der Waals surface area contributed by atoms with Crippen molar-refractivity contribution in [1.29, 1.82) is 0 Å². The molecule has 2 amide bonds. The Morgan fingerprint density at radius 1 is 0.849 bits per heavy atom. The molecule has 0 aliphatic carbocycles. The number of aromatic nitrogens is 1. The number of pyridine rings is 1. The topological polar surface area (TPSA) is 166 Å². The Hall–Kier alpha value is -5.30. The third-order valence-corrected chi connectivity index (χ3v) is 10.6. The molecule has 4 aromatic carbocycles. The van der Waals surface area contributed by atoms with E-state index in [-0.39, 0.29) is 16.9 Å². The Labute approximate surface area is 309 Å². The summed E-state index contributed by atoms with van der Waals surface area (Å²) in [4.78, 5) is 17.9. The van der Waals surface area contributed by atoms with Gasteiger partial charge in [-0.25, -0.2) is 18.2 Å². The Kier molecular flexibility index (Phi) is 11.6. The number of hydrogen-bond donors (Lipinski definition) is 4. The summed E-state index contributed by atoms with van der Waals surface area (Å²) < 4.78 is 62.7. The van der Waals surface area contributed by atoms with Gasteiger partial charge in [-0.15, -0.1) is 0 Å². The molecule has 0 saturated heterocycles. The van der Waals surface area contributed by atoms with Crippen LogP contribution in [-0.2, 0) is 24.5 Å². The zero-order chi connectivity index (χ0) is 38.6. The smallest absolute Gasteiger partial charge is 0.323 e. The van der Waals surface area contributed by atoms with Crippen molar-refractivity contribution in [3.05, 3.63) is 90.6 Å². The number of amides is 2. The molecule has 0 fully saturated rings. The lowest BCUT2D eigenvalue weighted by atomic mass is 9.86. The highest BCUT2D eigenvalue weighted by molar-refractivity contribution is 7.92. The summed E-state index contributed by atoms with van der Waals surface area (Å²) in [6, 6.07) is 22.6. The van der Waals surface area contributed by atoms with Gasteiger partial charge in [0.15, 0.2) is 5.75 Å². The van der Waals surface area contributed by atoms with Crippen LogP contribution in [0.2, 0.25) is 0 Å². The highest BCUT2D eigenvalue weighted by atomic mass is 32.2. The summed E-state index contributed by atoms with van der Waals surface area (Å²) in [5.74, 6) is 2.15. The Morgan fingerprint density at radius 3 is 2.21 bits per heavy atom. The molecule has 0 aliphatic rings.